The van der Waals surface area contributed by atoms with E-state index in [1.807, 2.05) is 26.0 Å². The molecular formula is C16H16N2O3. The summed E-state index contributed by atoms with van der Waals surface area (Å²) < 4.78 is 4.81. The van der Waals surface area contributed by atoms with E-state index in [-0.39, 0.29) is 6.61 Å². The molecule has 0 unspecified atom stereocenters. The summed E-state index contributed by atoms with van der Waals surface area (Å²) in [6, 6.07) is 3.98. The molecule has 0 saturated heterocycles. The smallest absolute Gasteiger partial charge is 0.355 e. The monoisotopic (exact) mass is 284 g/mol. The number of ether oxygens (including phenoxy) is 1. The van der Waals surface area contributed by atoms with Crippen molar-refractivity contribution in [3.8, 4) is 12.3 Å². The Kier molecular flexibility index (Phi) is 4.29. The lowest BCUT2D eigenvalue weighted by atomic mass is 10.0. The van der Waals surface area contributed by atoms with Crippen molar-refractivity contribution < 1.29 is 14.4 Å². The fourth-order valence-corrected chi connectivity index (χ4v) is 2.19. The Bertz CT molecular complexity index is 751. The summed E-state index contributed by atoms with van der Waals surface area (Å²) in [5.41, 5.74) is 3.92. The van der Waals surface area contributed by atoms with Crippen LogP contribution in [0, 0.1) is 26.2 Å². The van der Waals surface area contributed by atoms with Crippen molar-refractivity contribution in [3.05, 3.63) is 34.5 Å². The molecule has 0 aliphatic heterocycles. The SMILES string of the molecule is C#CCO/N=C/c1c(C(=O)OC)[nH]c2c(C)ccc(C)c12. The minimum atomic E-state index is -0.455. The zero-order chi connectivity index (χ0) is 15.4. The number of hydrogen-bond acceptors (Lipinski definition) is 4. The number of methoxy groups -OCH3 is 1. The predicted octanol–water partition coefficient (Wildman–Crippen LogP) is 2.56. The van der Waals surface area contributed by atoms with E-state index in [0.717, 1.165) is 22.0 Å². The number of hydrogen-bond donors (Lipinski definition) is 1. The lowest BCUT2D eigenvalue weighted by molar-refractivity contribution is 0.0595. The van der Waals surface area contributed by atoms with Crippen LogP contribution in [-0.4, -0.2) is 30.9 Å². The van der Waals surface area contributed by atoms with Gasteiger partial charge in [0.15, 0.2) is 6.61 Å². The molecule has 0 radical (unpaired) electrons. The highest BCUT2D eigenvalue weighted by Gasteiger charge is 2.19. The van der Waals surface area contributed by atoms with Gasteiger partial charge in [-0.05, 0) is 25.0 Å². The molecule has 1 N–H and O–H groups in total. The summed E-state index contributed by atoms with van der Waals surface area (Å²) in [5, 5.41) is 4.73. The number of esters is 1. The van der Waals surface area contributed by atoms with E-state index < -0.39 is 5.97 Å². The van der Waals surface area contributed by atoms with E-state index in [4.69, 9.17) is 16.0 Å². The number of oxime groups is 1. The third kappa shape index (κ3) is 2.75. The first kappa shape index (κ1) is 14.7. The number of benzene rings is 1. The molecule has 0 bridgehead atoms. The van der Waals surface area contributed by atoms with E-state index in [2.05, 4.69) is 16.1 Å². The van der Waals surface area contributed by atoms with Gasteiger partial charge in [0.05, 0.1) is 13.3 Å². The number of aryl methyl sites for hydroxylation is 2. The number of nitrogens with zero attached hydrogens (tertiary/aromatic N) is 1. The number of H-pyrrole nitrogens is 1. The van der Waals surface area contributed by atoms with Gasteiger partial charge < -0.3 is 14.6 Å². The normalized spacial score (nSPS) is 10.8. The first-order valence-corrected chi connectivity index (χ1v) is 6.39. The van der Waals surface area contributed by atoms with Gasteiger partial charge in [0, 0.05) is 16.5 Å². The highest BCUT2D eigenvalue weighted by atomic mass is 16.6. The molecule has 0 aliphatic rings. The maximum atomic E-state index is 11.9. The average molecular weight is 284 g/mol. The molecule has 0 amide bonds. The lowest BCUT2D eigenvalue weighted by Gasteiger charge is -2.01. The highest BCUT2D eigenvalue weighted by molar-refractivity contribution is 6.10. The number of nitrogens with one attached hydrogen (secondary N) is 1. The van der Waals surface area contributed by atoms with Crippen LogP contribution in [0.5, 0.6) is 0 Å². The number of aromatic nitrogens is 1. The zero-order valence-corrected chi connectivity index (χ0v) is 12.2. The third-order valence-electron chi connectivity index (χ3n) is 3.20. The first-order valence-electron chi connectivity index (χ1n) is 6.39. The van der Waals surface area contributed by atoms with Crippen LogP contribution >= 0.6 is 0 Å². The third-order valence-corrected chi connectivity index (χ3v) is 3.20. The molecular weight excluding hydrogens is 268 g/mol. The predicted molar refractivity (Wildman–Crippen MR) is 81.5 cm³/mol. The maximum absolute atomic E-state index is 11.9. The Hall–Kier alpha value is -2.74. The van der Waals surface area contributed by atoms with E-state index in [9.17, 15) is 4.79 Å². The van der Waals surface area contributed by atoms with Crippen molar-refractivity contribution in [1.82, 2.24) is 4.98 Å². The molecule has 21 heavy (non-hydrogen) atoms. The summed E-state index contributed by atoms with van der Waals surface area (Å²) in [6.07, 6.45) is 6.57. The second kappa shape index (κ2) is 6.14. The Morgan fingerprint density at radius 2 is 2.14 bits per heavy atom. The van der Waals surface area contributed by atoms with Crippen LogP contribution in [0.2, 0.25) is 0 Å². The minimum absolute atomic E-state index is 0.0738. The van der Waals surface area contributed by atoms with Crippen LogP contribution in [0.15, 0.2) is 17.3 Å². The summed E-state index contributed by atoms with van der Waals surface area (Å²) in [4.78, 5) is 19.9. The summed E-state index contributed by atoms with van der Waals surface area (Å²) in [5.74, 6) is 1.86. The molecule has 0 saturated carbocycles. The van der Waals surface area contributed by atoms with Crippen molar-refractivity contribution in [3.63, 3.8) is 0 Å². The molecule has 5 heteroatoms. The van der Waals surface area contributed by atoms with Crippen molar-refractivity contribution in [1.29, 1.82) is 0 Å². The van der Waals surface area contributed by atoms with Gasteiger partial charge in [-0.1, -0.05) is 23.2 Å². The largest absolute Gasteiger partial charge is 0.464 e. The highest BCUT2D eigenvalue weighted by Crippen LogP contribution is 2.27. The molecule has 1 aromatic carbocycles. The fourth-order valence-electron chi connectivity index (χ4n) is 2.19. The first-order chi connectivity index (χ1) is 10.1. The molecule has 0 aliphatic carbocycles. The fraction of sp³-hybridized carbons (Fsp3) is 0.250. The summed E-state index contributed by atoms with van der Waals surface area (Å²) in [7, 11) is 1.34. The Morgan fingerprint density at radius 1 is 1.43 bits per heavy atom. The minimum Gasteiger partial charge on any atom is -0.464 e. The van der Waals surface area contributed by atoms with Crippen LogP contribution in [0.1, 0.15) is 27.2 Å². The Labute approximate surface area is 122 Å². The molecule has 2 aromatic rings. The standard InChI is InChI=1S/C16H16N2O3/c1-5-8-21-17-9-12-13-10(2)6-7-11(3)14(13)18-15(12)16(19)20-4/h1,6-7,9,18H,8H2,2-4H3/b17-9+. The second-order valence-corrected chi connectivity index (χ2v) is 4.57. The van der Waals surface area contributed by atoms with E-state index >= 15 is 0 Å². The number of aromatic amines is 1. The van der Waals surface area contributed by atoms with Crippen LogP contribution in [0.25, 0.3) is 10.9 Å². The molecule has 2 rings (SSSR count). The number of rotatable bonds is 4. The van der Waals surface area contributed by atoms with Gasteiger partial charge in [-0.25, -0.2) is 4.79 Å². The number of carbonyl (C=O) groups is 1. The average Bonchev–Trinajstić information content (AvgIpc) is 2.87. The quantitative estimate of drug-likeness (QED) is 0.308. The molecule has 1 heterocycles. The van der Waals surface area contributed by atoms with Crippen LogP contribution < -0.4 is 0 Å². The Balaban J connectivity index is 2.63. The second-order valence-electron chi connectivity index (χ2n) is 4.57. The number of fused-ring (bicyclic) bond motifs is 1. The van der Waals surface area contributed by atoms with E-state index in [1.165, 1.54) is 13.3 Å². The van der Waals surface area contributed by atoms with Gasteiger partial charge in [0.2, 0.25) is 0 Å². The van der Waals surface area contributed by atoms with Gasteiger partial charge in [0.1, 0.15) is 5.69 Å². The van der Waals surface area contributed by atoms with Crippen molar-refractivity contribution in [2.75, 3.05) is 13.7 Å². The molecule has 0 fully saturated rings. The van der Waals surface area contributed by atoms with Crippen molar-refractivity contribution in [2.45, 2.75) is 13.8 Å². The van der Waals surface area contributed by atoms with E-state index in [1.54, 1.807) is 0 Å². The van der Waals surface area contributed by atoms with Crippen molar-refractivity contribution >= 4 is 23.1 Å². The number of terminal acetylenes is 1. The van der Waals surface area contributed by atoms with Crippen molar-refractivity contribution in [2.24, 2.45) is 5.16 Å². The van der Waals surface area contributed by atoms with Gasteiger partial charge in [-0.2, -0.15) is 0 Å². The molecule has 1 aromatic heterocycles. The zero-order valence-electron chi connectivity index (χ0n) is 12.2. The lowest BCUT2D eigenvalue weighted by Crippen LogP contribution is -2.05. The summed E-state index contributed by atoms with van der Waals surface area (Å²) >= 11 is 0. The van der Waals surface area contributed by atoms with E-state index in [0.29, 0.717) is 11.3 Å². The van der Waals surface area contributed by atoms with Crippen LogP contribution in [-0.2, 0) is 9.57 Å². The maximum Gasteiger partial charge on any atom is 0.355 e. The van der Waals surface area contributed by atoms with Gasteiger partial charge >= 0.3 is 5.97 Å². The topological polar surface area (TPSA) is 63.7 Å². The molecule has 5 nitrogen and oxygen atoms in total. The molecule has 108 valence electrons. The van der Waals surface area contributed by atoms with Crippen LogP contribution in [0.4, 0.5) is 0 Å². The van der Waals surface area contributed by atoms with Crippen LogP contribution in [0.3, 0.4) is 0 Å². The molecule has 0 spiro atoms. The van der Waals surface area contributed by atoms with Gasteiger partial charge in [0.25, 0.3) is 0 Å². The van der Waals surface area contributed by atoms with Gasteiger partial charge in [-0.3, -0.25) is 0 Å². The summed E-state index contributed by atoms with van der Waals surface area (Å²) in [6.45, 7) is 4.01. The molecule has 0 atom stereocenters. The number of carbonyl (C=O) groups excluding carboxylic acids is 1. The Morgan fingerprint density at radius 3 is 2.81 bits per heavy atom. The van der Waals surface area contributed by atoms with Gasteiger partial charge in [-0.15, -0.1) is 6.42 Å².